The molecule has 0 saturated heterocycles. The van der Waals surface area contributed by atoms with Gasteiger partial charge in [0.25, 0.3) is 0 Å². The molecule has 1 aromatic carbocycles. The summed E-state index contributed by atoms with van der Waals surface area (Å²) >= 11 is 0. The third-order valence-corrected chi connectivity index (χ3v) is 7.85. The van der Waals surface area contributed by atoms with E-state index in [9.17, 15) is 4.79 Å². The highest BCUT2D eigenvalue weighted by Gasteiger charge is 2.30. The highest BCUT2D eigenvalue weighted by atomic mass is 16.5. The Morgan fingerprint density at radius 2 is 2.08 bits per heavy atom. The van der Waals surface area contributed by atoms with Crippen LogP contribution in [-0.2, 0) is 24.9 Å². The van der Waals surface area contributed by atoms with E-state index in [1.165, 1.54) is 0 Å². The Hall–Kier alpha value is -3.72. The number of anilines is 1. The van der Waals surface area contributed by atoms with Crippen LogP contribution in [0.15, 0.2) is 42.9 Å². The third-order valence-electron chi connectivity index (χ3n) is 7.85. The summed E-state index contributed by atoms with van der Waals surface area (Å²) in [6, 6.07) is 9.81. The van der Waals surface area contributed by atoms with Crippen LogP contribution in [0.4, 0.5) is 10.6 Å². The van der Waals surface area contributed by atoms with Crippen molar-refractivity contribution in [1.29, 1.82) is 0 Å². The molecule has 0 saturated carbocycles. The van der Waals surface area contributed by atoms with Crippen molar-refractivity contribution < 1.29 is 9.53 Å². The maximum atomic E-state index is 13.1. The van der Waals surface area contributed by atoms with Crippen molar-refractivity contribution in [2.75, 3.05) is 11.9 Å². The van der Waals surface area contributed by atoms with Gasteiger partial charge in [0.1, 0.15) is 12.1 Å². The second kappa shape index (κ2) is 8.99. The zero-order valence-corrected chi connectivity index (χ0v) is 21.9. The minimum absolute atomic E-state index is 0.0567. The second-order valence-electron chi connectivity index (χ2n) is 10.8. The lowest BCUT2D eigenvalue weighted by Crippen LogP contribution is -2.38. The molecule has 2 aliphatic heterocycles. The average molecular weight is 500 g/mol. The van der Waals surface area contributed by atoms with E-state index in [1.807, 2.05) is 35.0 Å². The molecule has 3 aromatic heterocycles. The van der Waals surface area contributed by atoms with Crippen LogP contribution in [0.2, 0.25) is 0 Å². The van der Waals surface area contributed by atoms with E-state index < -0.39 is 0 Å². The lowest BCUT2D eigenvalue weighted by atomic mass is 9.82. The first-order valence-corrected chi connectivity index (χ1v) is 13.1. The zero-order valence-electron chi connectivity index (χ0n) is 21.9. The lowest BCUT2D eigenvalue weighted by molar-refractivity contribution is 0.189. The molecule has 5 heterocycles. The van der Waals surface area contributed by atoms with E-state index in [-0.39, 0.29) is 11.4 Å². The third kappa shape index (κ3) is 4.27. The second-order valence-corrected chi connectivity index (χ2v) is 10.8. The van der Waals surface area contributed by atoms with Crippen molar-refractivity contribution in [3.63, 3.8) is 0 Å². The van der Waals surface area contributed by atoms with Crippen molar-refractivity contribution in [2.45, 2.75) is 71.5 Å². The number of aryl methyl sites for hydroxylation is 1. The molecule has 1 N–H and O–H groups in total. The van der Waals surface area contributed by atoms with Crippen LogP contribution in [0.5, 0.6) is 11.6 Å². The minimum Gasteiger partial charge on any atom is -0.439 e. The molecule has 9 nitrogen and oxygen atoms in total. The van der Waals surface area contributed by atoms with E-state index in [2.05, 4.69) is 53.0 Å². The van der Waals surface area contributed by atoms with Gasteiger partial charge in [-0.15, -0.1) is 0 Å². The molecule has 1 unspecified atom stereocenters. The smallest absolute Gasteiger partial charge is 0.331 e. The van der Waals surface area contributed by atoms with E-state index in [0.717, 1.165) is 66.8 Å². The summed E-state index contributed by atoms with van der Waals surface area (Å²) in [7, 11) is 0. The number of benzene rings is 1. The van der Waals surface area contributed by atoms with Crippen LogP contribution in [0, 0.1) is 0 Å². The fraction of sp³-hybridized carbons (Fsp3) is 0.429. The monoisotopic (exact) mass is 499 g/mol. The van der Waals surface area contributed by atoms with Crippen molar-refractivity contribution in [3.05, 3.63) is 59.8 Å². The Morgan fingerprint density at radius 3 is 2.89 bits per heavy atom. The maximum Gasteiger partial charge on any atom is 0.331 e. The number of nitrogens with zero attached hydrogens (tertiary/aromatic N) is 6. The Kier molecular flexibility index (Phi) is 5.75. The molecule has 6 rings (SSSR count). The quantitative estimate of drug-likeness (QED) is 0.408. The zero-order chi connectivity index (χ0) is 25.7. The van der Waals surface area contributed by atoms with Crippen LogP contribution < -0.4 is 10.1 Å². The predicted molar refractivity (Wildman–Crippen MR) is 142 cm³/mol. The number of amides is 1. The maximum absolute atomic E-state index is 13.1. The highest BCUT2D eigenvalue weighted by molar-refractivity contribution is 5.98. The summed E-state index contributed by atoms with van der Waals surface area (Å²) < 4.78 is 9.87. The Morgan fingerprint density at radius 1 is 1.22 bits per heavy atom. The van der Waals surface area contributed by atoms with Gasteiger partial charge in [0, 0.05) is 53.5 Å². The Bertz CT molecular complexity index is 1490. The number of likely N-dealkylation sites (N-methyl/N-ethyl adjacent to an activating group) is 1. The number of hydrogen-bond donors (Lipinski definition) is 1. The first-order chi connectivity index (χ1) is 17.8. The summed E-state index contributed by atoms with van der Waals surface area (Å²) in [5, 5.41) is 8.51. The summed E-state index contributed by atoms with van der Waals surface area (Å²) in [6.45, 7) is 11.5. The Labute approximate surface area is 216 Å². The fourth-order valence-corrected chi connectivity index (χ4v) is 5.69. The van der Waals surface area contributed by atoms with E-state index >= 15 is 0 Å². The van der Waals surface area contributed by atoms with Crippen molar-refractivity contribution in [1.82, 2.24) is 29.2 Å². The number of aromatic nitrogens is 5. The Balaban J connectivity index is 1.22. The largest absolute Gasteiger partial charge is 0.439 e. The van der Waals surface area contributed by atoms with E-state index in [4.69, 9.17) is 4.74 Å². The van der Waals surface area contributed by atoms with Gasteiger partial charge in [0.15, 0.2) is 5.82 Å². The molecule has 9 heteroatoms. The summed E-state index contributed by atoms with van der Waals surface area (Å²) in [4.78, 5) is 24.5. The molecule has 0 radical (unpaired) electrons. The van der Waals surface area contributed by atoms with Gasteiger partial charge in [-0.05, 0) is 57.0 Å². The molecule has 1 amide bonds. The first kappa shape index (κ1) is 23.7. The van der Waals surface area contributed by atoms with Gasteiger partial charge in [-0.25, -0.2) is 14.8 Å². The standard InChI is InChI=1S/C28H33N7O2/c1-5-33-16-22-21(13-18(33)2)26(30-17-29-22)37-20-7-8-23-19(14-20)9-12-34(23)27(36)31-25-15-24-28(3,4)10-6-11-35(24)32-25/h7-9,12,14-15,17-18H,5-6,10-11,13,16H2,1-4H3,(H,31,32,36). The number of ether oxygens (including phenoxy) is 1. The van der Waals surface area contributed by atoms with Gasteiger partial charge in [0.05, 0.1) is 11.2 Å². The number of carbonyl (C=O) groups is 1. The molecule has 1 atom stereocenters. The van der Waals surface area contributed by atoms with Gasteiger partial charge in [-0.1, -0.05) is 20.8 Å². The van der Waals surface area contributed by atoms with Crippen molar-refractivity contribution >= 4 is 22.8 Å². The molecule has 2 aliphatic rings. The molecular weight excluding hydrogens is 466 g/mol. The van der Waals surface area contributed by atoms with Crippen LogP contribution in [-0.4, -0.2) is 47.8 Å². The molecular formula is C28H33N7O2. The molecule has 37 heavy (non-hydrogen) atoms. The molecule has 4 aromatic rings. The average Bonchev–Trinajstić information content (AvgIpc) is 3.48. The van der Waals surface area contributed by atoms with Crippen molar-refractivity contribution in [2.24, 2.45) is 0 Å². The number of nitrogens with one attached hydrogen (secondary N) is 1. The SMILES string of the molecule is CCN1Cc2ncnc(Oc3ccc4c(ccn4C(=O)Nc4cc5n(n4)CCCC5(C)C)c3)c2CC1C. The number of rotatable bonds is 4. The summed E-state index contributed by atoms with van der Waals surface area (Å²) in [5.74, 6) is 1.87. The van der Waals surface area contributed by atoms with Gasteiger partial charge in [-0.3, -0.25) is 19.5 Å². The molecule has 0 aliphatic carbocycles. The van der Waals surface area contributed by atoms with Gasteiger partial charge < -0.3 is 4.74 Å². The highest BCUT2D eigenvalue weighted by Crippen LogP contribution is 2.35. The molecule has 0 bridgehead atoms. The number of hydrogen-bond acceptors (Lipinski definition) is 6. The molecule has 0 spiro atoms. The molecule has 192 valence electrons. The molecule has 0 fully saturated rings. The topological polar surface area (TPSA) is 90.1 Å². The van der Waals surface area contributed by atoms with Crippen LogP contribution >= 0.6 is 0 Å². The normalized spacial score (nSPS) is 18.9. The first-order valence-electron chi connectivity index (χ1n) is 13.1. The van der Waals surface area contributed by atoms with E-state index in [1.54, 1.807) is 17.1 Å². The van der Waals surface area contributed by atoms with Gasteiger partial charge >= 0.3 is 6.03 Å². The number of carbonyl (C=O) groups excluding carboxylic acids is 1. The van der Waals surface area contributed by atoms with Gasteiger partial charge in [-0.2, -0.15) is 5.10 Å². The lowest BCUT2D eigenvalue weighted by Gasteiger charge is -2.33. The van der Waals surface area contributed by atoms with E-state index in [0.29, 0.717) is 23.5 Å². The van der Waals surface area contributed by atoms with Crippen LogP contribution in [0.1, 0.15) is 57.5 Å². The summed E-state index contributed by atoms with van der Waals surface area (Å²) in [6.07, 6.45) is 6.42. The fourth-order valence-electron chi connectivity index (χ4n) is 5.69. The van der Waals surface area contributed by atoms with Gasteiger partial charge in [0.2, 0.25) is 5.88 Å². The predicted octanol–water partition coefficient (Wildman–Crippen LogP) is 5.34. The number of fused-ring (bicyclic) bond motifs is 3. The minimum atomic E-state index is -0.240. The summed E-state index contributed by atoms with van der Waals surface area (Å²) in [5.41, 5.74) is 4.12. The van der Waals surface area contributed by atoms with Crippen LogP contribution in [0.25, 0.3) is 10.9 Å². The van der Waals surface area contributed by atoms with Crippen molar-refractivity contribution in [3.8, 4) is 11.6 Å². The van der Waals surface area contributed by atoms with Crippen LogP contribution in [0.3, 0.4) is 0 Å².